The van der Waals surface area contributed by atoms with E-state index in [-0.39, 0.29) is 11.5 Å². The summed E-state index contributed by atoms with van der Waals surface area (Å²) < 4.78 is 0. The summed E-state index contributed by atoms with van der Waals surface area (Å²) in [6.45, 7) is 7.91. The van der Waals surface area contributed by atoms with E-state index in [4.69, 9.17) is 0 Å². The van der Waals surface area contributed by atoms with Crippen LogP contribution in [-0.2, 0) is 17.9 Å². The first-order valence-electron chi connectivity index (χ1n) is 7.78. The highest BCUT2D eigenvalue weighted by molar-refractivity contribution is 5.59. The van der Waals surface area contributed by atoms with Crippen molar-refractivity contribution in [1.29, 1.82) is 0 Å². The summed E-state index contributed by atoms with van der Waals surface area (Å²) in [5.74, 6) is 0. The van der Waals surface area contributed by atoms with Gasteiger partial charge in [0.25, 0.3) is 0 Å². The zero-order valence-electron chi connectivity index (χ0n) is 13.7. The summed E-state index contributed by atoms with van der Waals surface area (Å²) in [7, 11) is 0. The van der Waals surface area contributed by atoms with E-state index in [0.717, 1.165) is 19.4 Å². The van der Waals surface area contributed by atoms with Crippen LogP contribution in [0.1, 0.15) is 31.9 Å². The average Bonchev–Trinajstić information content (AvgIpc) is 2.48. The summed E-state index contributed by atoms with van der Waals surface area (Å²) in [6.07, 6.45) is 1.09. The van der Waals surface area contributed by atoms with E-state index < -0.39 is 0 Å². The molecular weight excluding hydrogens is 270 g/mol. The molecular formula is C20H25NO. The second-order valence-corrected chi connectivity index (χ2v) is 6.82. The van der Waals surface area contributed by atoms with Crippen LogP contribution in [0.4, 0.5) is 0 Å². The Labute approximate surface area is 133 Å². The lowest BCUT2D eigenvalue weighted by Crippen LogP contribution is -2.44. The molecule has 2 aromatic rings. The second kappa shape index (κ2) is 7.37. The Morgan fingerprint density at radius 1 is 0.864 bits per heavy atom. The third-order valence-corrected chi connectivity index (χ3v) is 3.87. The maximum atomic E-state index is 11.7. The van der Waals surface area contributed by atoms with Gasteiger partial charge in [-0.1, -0.05) is 81.4 Å². The lowest BCUT2D eigenvalue weighted by Gasteiger charge is -2.36. The van der Waals surface area contributed by atoms with Gasteiger partial charge in [0.1, 0.15) is 6.29 Å². The molecule has 0 aliphatic rings. The molecule has 0 bridgehead atoms. The van der Waals surface area contributed by atoms with Crippen LogP contribution in [0.2, 0.25) is 0 Å². The van der Waals surface area contributed by atoms with Crippen molar-refractivity contribution in [2.45, 2.75) is 39.9 Å². The van der Waals surface area contributed by atoms with E-state index in [1.165, 1.54) is 11.1 Å². The molecule has 1 atom stereocenters. The molecule has 2 rings (SSSR count). The van der Waals surface area contributed by atoms with Gasteiger partial charge in [0.15, 0.2) is 0 Å². The lowest BCUT2D eigenvalue weighted by molar-refractivity contribution is -0.116. The number of nitrogens with zero attached hydrogens (tertiary/aromatic N) is 1. The Morgan fingerprint density at radius 3 is 1.59 bits per heavy atom. The van der Waals surface area contributed by atoms with Crippen molar-refractivity contribution < 1.29 is 4.79 Å². The number of rotatable bonds is 6. The van der Waals surface area contributed by atoms with Crippen LogP contribution in [-0.4, -0.2) is 17.2 Å². The Kier molecular flexibility index (Phi) is 5.51. The molecule has 0 aliphatic carbocycles. The van der Waals surface area contributed by atoms with Gasteiger partial charge in [0.2, 0.25) is 0 Å². The molecule has 0 radical (unpaired) electrons. The van der Waals surface area contributed by atoms with Gasteiger partial charge in [0.05, 0.1) is 6.04 Å². The third kappa shape index (κ3) is 4.54. The van der Waals surface area contributed by atoms with Gasteiger partial charge in [-0.15, -0.1) is 0 Å². The minimum absolute atomic E-state index is 0.0920. The minimum Gasteiger partial charge on any atom is -0.302 e. The molecule has 1 unspecified atom stereocenters. The number of hydrogen-bond donors (Lipinski definition) is 0. The Balaban J connectivity index is 2.25. The Morgan fingerprint density at radius 2 is 1.27 bits per heavy atom. The molecule has 0 spiro atoms. The highest BCUT2D eigenvalue weighted by Gasteiger charge is 2.30. The van der Waals surface area contributed by atoms with E-state index in [1.54, 1.807) is 0 Å². The van der Waals surface area contributed by atoms with Crippen LogP contribution >= 0.6 is 0 Å². The molecule has 22 heavy (non-hydrogen) atoms. The fourth-order valence-corrected chi connectivity index (χ4v) is 2.73. The van der Waals surface area contributed by atoms with Crippen LogP contribution in [0, 0.1) is 5.41 Å². The van der Waals surface area contributed by atoms with E-state index in [0.29, 0.717) is 0 Å². The van der Waals surface area contributed by atoms with Gasteiger partial charge in [-0.2, -0.15) is 0 Å². The van der Waals surface area contributed by atoms with E-state index in [2.05, 4.69) is 49.9 Å². The standard InChI is InChI=1S/C20H25NO/c1-20(2,3)19(16-22)21(14-17-10-6-4-7-11-17)15-18-12-8-5-9-13-18/h4-13,16,19H,14-15H2,1-3H3. The number of aldehydes is 1. The van der Waals surface area contributed by atoms with Crippen molar-refractivity contribution in [3.05, 3.63) is 71.8 Å². The van der Waals surface area contributed by atoms with E-state index >= 15 is 0 Å². The molecule has 0 fully saturated rings. The summed E-state index contributed by atoms with van der Waals surface area (Å²) in [6, 6.07) is 20.6. The van der Waals surface area contributed by atoms with Crippen LogP contribution in [0.15, 0.2) is 60.7 Å². The smallest absolute Gasteiger partial charge is 0.137 e. The quantitative estimate of drug-likeness (QED) is 0.740. The highest BCUT2D eigenvalue weighted by Crippen LogP contribution is 2.26. The first-order chi connectivity index (χ1) is 10.5. The predicted molar refractivity (Wildman–Crippen MR) is 91.4 cm³/mol. The zero-order valence-corrected chi connectivity index (χ0v) is 13.7. The third-order valence-electron chi connectivity index (χ3n) is 3.87. The Bertz CT molecular complexity index is 530. The van der Waals surface area contributed by atoms with Gasteiger partial charge >= 0.3 is 0 Å². The van der Waals surface area contributed by atoms with Gasteiger partial charge < -0.3 is 4.79 Å². The molecule has 2 nitrogen and oxygen atoms in total. The predicted octanol–water partition coefficient (Wildman–Crippen LogP) is 4.30. The molecule has 0 saturated heterocycles. The molecule has 2 heteroatoms. The van der Waals surface area contributed by atoms with Crippen molar-refractivity contribution in [3.63, 3.8) is 0 Å². The SMILES string of the molecule is CC(C)(C)C(C=O)N(Cc1ccccc1)Cc1ccccc1. The number of carbonyl (C=O) groups excluding carboxylic acids is 1. The molecule has 0 heterocycles. The molecule has 0 aromatic heterocycles. The van der Waals surface area contributed by atoms with Gasteiger partial charge in [-0.05, 0) is 16.5 Å². The highest BCUT2D eigenvalue weighted by atomic mass is 16.1. The monoisotopic (exact) mass is 295 g/mol. The van der Waals surface area contributed by atoms with Crippen molar-refractivity contribution >= 4 is 6.29 Å². The first kappa shape index (κ1) is 16.4. The average molecular weight is 295 g/mol. The minimum atomic E-state index is -0.118. The van der Waals surface area contributed by atoms with Crippen molar-refractivity contribution in [2.75, 3.05) is 0 Å². The van der Waals surface area contributed by atoms with E-state index in [9.17, 15) is 4.79 Å². The van der Waals surface area contributed by atoms with Crippen molar-refractivity contribution in [2.24, 2.45) is 5.41 Å². The van der Waals surface area contributed by atoms with Crippen LogP contribution < -0.4 is 0 Å². The topological polar surface area (TPSA) is 20.3 Å². The summed E-state index contributed by atoms with van der Waals surface area (Å²) >= 11 is 0. The molecule has 2 aromatic carbocycles. The lowest BCUT2D eigenvalue weighted by atomic mass is 9.86. The number of benzene rings is 2. The molecule has 0 N–H and O–H groups in total. The van der Waals surface area contributed by atoms with E-state index in [1.807, 2.05) is 36.4 Å². The maximum absolute atomic E-state index is 11.7. The zero-order chi connectivity index (χ0) is 16.0. The fraction of sp³-hybridized carbons (Fsp3) is 0.350. The summed E-state index contributed by atoms with van der Waals surface area (Å²) in [5.41, 5.74) is 2.37. The fourth-order valence-electron chi connectivity index (χ4n) is 2.73. The molecule has 0 amide bonds. The molecule has 0 aliphatic heterocycles. The first-order valence-corrected chi connectivity index (χ1v) is 7.78. The van der Waals surface area contributed by atoms with Crippen LogP contribution in [0.25, 0.3) is 0 Å². The number of carbonyl (C=O) groups is 1. The summed E-state index contributed by atoms with van der Waals surface area (Å²) in [5, 5.41) is 0. The summed E-state index contributed by atoms with van der Waals surface area (Å²) in [4.78, 5) is 14.0. The van der Waals surface area contributed by atoms with Crippen molar-refractivity contribution in [1.82, 2.24) is 4.90 Å². The van der Waals surface area contributed by atoms with Crippen molar-refractivity contribution in [3.8, 4) is 0 Å². The molecule has 0 saturated carbocycles. The van der Waals surface area contributed by atoms with Gasteiger partial charge in [-0.3, -0.25) is 4.90 Å². The molecule has 116 valence electrons. The van der Waals surface area contributed by atoms with Gasteiger partial charge in [-0.25, -0.2) is 0 Å². The largest absolute Gasteiger partial charge is 0.302 e. The number of hydrogen-bond acceptors (Lipinski definition) is 2. The van der Waals surface area contributed by atoms with Gasteiger partial charge in [0, 0.05) is 13.1 Å². The second-order valence-electron chi connectivity index (χ2n) is 6.82. The normalized spacial score (nSPS) is 13.1. The van der Waals surface area contributed by atoms with Crippen LogP contribution in [0.3, 0.4) is 0 Å². The Hall–Kier alpha value is -1.93. The van der Waals surface area contributed by atoms with Crippen LogP contribution in [0.5, 0.6) is 0 Å². The maximum Gasteiger partial charge on any atom is 0.137 e.